The molecule has 4 aromatic rings. The van der Waals surface area contributed by atoms with Gasteiger partial charge in [0.2, 0.25) is 0 Å². The first-order valence-corrected chi connectivity index (χ1v) is 10.3. The van der Waals surface area contributed by atoms with Gasteiger partial charge in [0.1, 0.15) is 0 Å². The highest BCUT2D eigenvalue weighted by Gasteiger charge is 2.26. The van der Waals surface area contributed by atoms with Crippen LogP contribution in [0.4, 0.5) is 0 Å². The average Bonchev–Trinajstić information content (AvgIpc) is 3.44. The molecule has 1 unspecified atom stereocenters. The minimum absolute atomic E-state index is 0. The number of halogens is 1. The van der Waals surface area contributed by atoms with Crippen molar-refractivity contribution in [2.75, 3.05) is 20.2 Å². The number of nitrogens with one attached hydrogen (secondary N) is 1. The van der Waals surface area contributed by atoms with Crippen molar-refractivity contribution in [1.29, 1.82) is 0 Å². The van der Waals surface area contributed by atoms with Crippen molar-refractivity contribution in [1.82, 2.24) is 19.4 Å². The molecule has 0 aliphatic carbocycles. The molecule has 0 radical (unpaired) electrons. The molecule has 1 aliphatic rings. The van der Waals surface area contributed by atoms with Crippen LogP contribution in [0.1, 0.15) is 22.8 Å². The van der Waals surface area contributed by atoms with Gasteiger partial charge in [-0.2, -0.15) is 0 Å². The van der Waals surface area contributed by atoms with Crippen LogP contribution in [0.3, 0.4) is 0 Å². The second-order valence-electron chi connectivity index (χ2n) is 7.57. The van der Waals surface area contributed by atoms with Crippen LogP contribution < -0.4 is 11.0 Å². The maximum Gasteiger partial charge on any atom is 0.337 e. The molecule has 32 heavy (non-hydrogen) atoms. The number of carbonyl (C=O) groups excluding carboxylic acids is 1. The predicted octanol–water partition coefficient (Wildman–Crippen LogP) is 3.60. The lowest BCUT2D eigenvalue weighted by Gasteiger charge is -2.13. The molecule has 8 heteroatoms. The average molecular weight is 451 g/mol. The van der Waals surface area contributed by atoms with Gasteiger partial charge < -0.3 is 10.1 Å². The van der Waals surface area contributed by atoms with Gasteiger partial charge in [0.25, 0.3) is 0 Å². The van der Waals surface area contributed by atoms with Crippen LogP contribution in [0.15, 0.2) is 71.7 Å². The Morgan fingerprint density at radius 2 is 1.94 bits per heavy atom. The summed E-state index contributed by atoms with van der Waals surface area (Å²) < 4.78 is 8.36. The van der Waals surface area contributed by atoms with Crippen LogP contribution in [0.25, 0.3) is 28.0 Å². The Balaban J connectivity index is 0.00000245. The molecule has 1 saturated heterocycles. The van der Waals surface area contributed by atoms with Crippen molar-refractivity contribution < 1.29 is 9.53 Å². The smallest absolute Gasteiger partial charge is 0.337 e. The van der Waals surface area contributed by atoms with Crippen molar-refractivity contribution in [3.05, 3.63) is 82.9 Å². The van der Waals surface area contributed by atoms with Gasteiger partial charge in [0.05, 0.1) is 29.9 Å². The Hall–Kier alpha value is -3.42. The van der Waals surface area contributed by atoms with Crippen LogP contribution in [0.5, 0.6) is 0 Å². The van der Waals surface area contributed by atoms with E-state index in [1.54, 1.807) is 27.5 Å². The van der Waals surface area contributed by atoms with Crippen LogP contribution in [-0.2, 0) is 4.74 Å². The normalized spacial score (nSPS) is 15.5. The number of esters is 1. The molecular formula is C24H23ClN4O3. The Morgan fingerprint density at radius 1 is 1.12 bits per heavy atom. The molecular weight excluding hydrogens is 428 g/mol. The van der Waals surface area contributed by atoms with Gasteiger partial charge in [0.15, 0.2) is 5.65 Å². The number of nitrogens with zero attached hydrogens (tertiary/aromatic N) is 3. The minimum atomic E-state index is -0.448. The van der Waals surface area contributed by atoms with Crippen LogP contribution in [0.2, 0.25) is 0 Å². The third-order valence-corrected chi connectivity index (χ3v) is 5.78. The van der Waals surface area contributed by atoms with Gasteiger partial charge in [-0.25, -0.2) is 14.6 Å². The molecule has 2 aromatic carbocycles. The van der Waals surface area contributed by atoms with Gasteiger partial charge in [-0.15, -0.1) is 12.4 Å². The minimum Gasteiger partial charge on any atom is -0.465 e. The summed E-state index contributed by atoms with van der Waals surface area (Å²) >= 11 is 0. The number of carbonyl (C=O) groups is 1. The van der Waals surface area contributed by atoms with Crippen molar-refractivity contribution in [3.8, 4) is 16.8 Å². The molecule has 0 spiro atoms. The van der Waals surface area contributed by atoms with E-state index in [1.165, 1.54) is 7.11 Å². The standard InChI is InChI=1S/C24H22N4O3.ClH/c1-31-23(29)17-9-10-19(16-6-3-2-4-7-16)21(14-17)28-20-8-5-12-26-22(20)27(24(28)30)18-11-13-25-15-18;/h2-10,12,14,18,25H,11,13,15H2,1H3;1H. The summed E-state index contributed by atoms with van der Waals surface area (Å²) in [4.78, 5) is 30.6. The molecule has 3 heterocycles. The topological polar surface area (TPSA) is 78.1 Å². The van der Waals surface area contributed by atoms with Gasteiger partial charge in [-0.3, -0.25) is 9.13 Å². The zero-order chi connectivity index (χ0) is 21.4. The van der Waals surface area contributed by atoms with Gasteiger partial charge in [0, 0.05) is 18.3 Å². The lowest BCUT2D eigenvalue weighted by atomic mass is 10.0. The summed E-state index contributed by atoms with van der Waals surface area (Å²) in [5.41, 5.74) is 4.00. The molecule has 164 valence electrons. The van der Waals surface area contributed by atoms with Crippen molar-refractivity contribution in [3.63, 3.8) is 0 Å². The molecule has 0 saturated carbocycles. The quantitative estimate of drug-likeness (QED) is 0.481. The number of fused-ring (bicyclic) bond motifs is 1. The van der Waals surface area contributed by atoms with E-state index >= 15 is 0 Å². The summed E-state index contributed by atoms with van der Waals surface area (Å²) in [7, 11) is 1.35. The predicted molar refractivity (Wildman–Crippen MR) is 126 cm³/mol. The first-order chi connectivity index (χ1) is 15.2. The maximum absolute atomic E-state index is 13.8. The Kier molecular flexibility index (Phi) is 6.12. The number of hydrogen-bond acceptors (Lipinski definition) is 5. The first kappa shape index (κ1) is 21.8. The number of benzene rings is 2. The van der Waals surface area contributed by atoms with E-state index in [9.17, 15) is 9.59 Å². The molecule has 1 atom stereocenters. The molecule has 0 amide bonds. The van der Waals surface area contributed by atoms with E-state index in [0.717, 1.165) is 30.6 Å². The highest BCUT2D eigenvalue weighted by molar-refractivity contribution is 5.92. The number of methoxy groups -OCH3 is 1. The fraction of sp³-hybridized carbons (Fsp3) is 0.208. The van der Waals surface area contributed by atoms with Gasteiger partial charge >= 0.3 is 11.7 Å². The fourth-order valence-corrected chi connectivity index (χ4v) is 4.30. The van der Waals surface area contributed by atoms with Crippen molar-refractivity contribution >= 4 is 29.5 Å². The summed E-state index contributed by atoms with van der Waals surface area (Å²) in [6.07, 6.45) is 2.57. The number of pyridine rings is 1. The Morgan fingerprint density at radius 3 is 2.66 bits per heavy atom. The van der Waals surface area contributed by atoms with E-state index in [1.807, 2.05) is 48.5 Å². The number of aromatic nitrogens is 3. The van der Waals surface area contributed by atoms with E-state index in [0.29, 0.717) is 22.4 Å². The second-order valence-corrected chi connectivity index (χ2v) is 7.57. The molecule has 1 N–H and O–H groups in total. The van der Waals surface area contributed by atoms with Crippen LogP contribution in [0, 0.1) is 0 Å². The molecule has 1 fully saturated rings. The van der Waals surface area contributed by atoms with Crippen LogP contribution >= 0.6 is 12.4 Å². The maximum atomic E-state index is 13.8. The van der Waals surface area contributed by atoms with E-state index in [4.69, 9.17) is 4.74 Å². The third-order valence-electron chi connectivity index (χ3n) is 5.78. The summed E-state index contributed by atoms with van der Waals surface area (Å²) in [5, 5.41) is 3.32. The number of hydrogen-bond donors (Lipinski definition) is 1. The van der Waals surface area contributed by atoms with Crippen molar-refractivity contribution in [2.24, 2.45) is 0 Å². The lowest BCUT2D eigenvalue weighted by Crippen LogP contribution is -2.28. The third kappa shape index (κ3) is 3.59. The highest BCUT2D eigenvalue weighted by atomic mass is 35.5. The molecule has 1 aliphatic heterocycles. The molecule has 7 nitrogen and oxygen atoms in total. The van der Waals surface area contributed by atoms with E-state index < -0.39 is 5.97 Å². The monoisotopic (exact) mass is 450 g/mol. The molecule has 2 aromatic heterocycles. The molecule has 5 rings (SSSR count). The summed E-state index contributed by atoms with van der Waals surface area (Å²) in [6.45, 7) is 1.59. The van der Waals surface area contributed by atoms with Gasteiger partial charge in [-0.1, -0.05) is 36.4 Å². The number of rotatable bonds is 4. The van der Waals surface area contributed by atoms with Crippen LogP contribution in [-0.4, -0.2) is 40.3 Å². The number of ether oxygens (including phenoxy) is 1. The zero-order valence-corrected chi connectivity index (χ0v) is 18.3. The highest BCUT2D eigenvalue weighted by Crippen LogP contribution is 2.30. The molecule has 0 bridgehead atoms. The van der Waals surface area contributed by atoms with E-state index in [2.05, 4.69) is 10.3 Å². The SMILES string of the molecule is COC(=O)c1ccc(-c2ccccc2)c(-n2c(=O)n(C3CCNC3)c3ncccc32)c1.Cl. The largest absolute Gasteiger partial charge is 0.465 e. The Bertz CT molecular complexity index is 1320. The van der Waals surface area contributed by atoms with Gasteiger partial charge in [-0.05, 0) is 42.8 Å². The first-order valence-electron chi connectivity index (χ1n) is 10.3. The summed E-state index contributed by atoms with van der Waals surface area (Å²) in [5.74, 6) is -0.448. The number of imidazole rings is 1. The lowest BCUT2D eigenvalue weighted by molar-refractivity contribution is 0.0600. The Labute approximate surface area is 191 Å². The summed E-state index contributed by atoms with van der Waals surface area (Å²) in [6, 6.07) is 18.9. The zero-order valence-electron chi connectivity index (χ0n) is 17.5. The fourth-order valence-electron chi connectivity index (χ4n) is 4.30. The van der Waals surface area contributed by atoms with Crippen molar-refractivity contribution in [2.45, 2.75) is 12.5 Å². The second kappa shape index (κ2) is 8.98. The van der Waals surface area contributed by atoms with E-state index in [-0.39, 0.29) is 24.1 Å².